The number of rotatable bonds is 3. The number of hydrogen-bond donors (Lipinski definition) is 1. The van der Waals surface area contributed by atoms with E-state index in [1.165, 1.54) is 11.1 Å². The molecule has 3 aromatic rings. The fraction of sp³-hybridized carbons (Fsp3) is 0.111. The van der Waals surface area contributed by atoms with Crippen molar-refractivity contribution in [2.45, 2.75) is 0 Å². The number of halogens is 2. The lowest BCUT2D eigenvalue weighted by molar-refractivity contribution is 0.102. The average Bonchev–Trinajstić information content (AvgIpc) is 2.53. The van der Waals surface area contributed by atoms with E-state index in [-0.39, 0.29) is 17.1 Å². The molecule has 122 valence electrons. The van der Waals surface area contributed by atoms with Gasteiger partial charge in [-0.3, -0.25) is 9.78 Å². The van der Waals surface area contributed by atoms with E-state index in [2.05, 4.69) is 10.3 Å². The minimum Gasteiger partial charge on any atom is -0.373 e. The Morgan fingerprint density at radius 2 is 1.75 bits per heavy atom. The highest BCUT2D eigenvalue weighted by atomic mass is 19.1. The first kappa shape index (κ1) is 15.9. The van der Waals surface area contributed by atoms with Gasteiger partial charge in [0.05, 0.1) is 0 Å². The number of carbonyl (C=O) groups is 1. The molecule has 0 radical (unpaired) electrons. The molecule has 0 atom stereocenters. The molecule has 0 bridgehead atoms. The molecule has 0 aliphatic heterocycles. The summed E-state index contributed by atoms with van der Waals surface area (Å²) >= 11 is 0. The molecule has 1 aromatic heterocycles. The molecule has 0 saturated heterocycles. The zero-order valence-electron chi connectivity index (χ0n) is 13.2. The highest BCUT2D eigenvalue weighted by molar-refractivity contribution is 6.11. The SMILES string of the molecule is CN(C)c1c(F)cc(NC(=O)c2nccc3ccccc23)cc1F. The zero-order valence-corrected chi connectivity index (χ0v) is 13.2. The van der Waals surface area contributed by atoms with Crippen molar-refractivity contribution in [3.8, 4) is 0 Å². The number of nitrogens with one attached hydrogen (secondary N) is 1. The second-order valence-electron chi connectivity index (χ2n) is 5.52. The highest BCUT2D eigenvalue weighted by Gasteiger charge is 2.16. The van der Waals surface area contributed by atoms with Crippen LogP contribution in [0.5, 0.6) is 0 Å². The van der Waals surface area contributed by atoms with Gasteiger partial charge in [-0.25, -0.2) is 8.78 Å². The normalized spacial score (nSPS) is 10.7. The summed E-state index contributed by atoms with van der Waals surface area (Å²) in [6.07, 6.45) is 1.52. The third kappa shape index (κ3) is 2.90. The number of amides is 1. The number of pyridine rings is 1. The fourth-order valence-corrected chi connectivity index (χ4v) is 2.56. The van der Waals surface area contributed by atoms with Gasteiger partial charge in [-0.15, -0.1) is 0 Å². The minimum atomic E-state index is -0.749. The fourth-order valence-electron chi connectivity index (χ4n) is 2.56. The predicted octanol–water partition coefficient (Wildman–Crippen LogP) is 3.83. The van der Waals surface area contributed by atoms with Crippen molar-refractivity contribution in [3.63, 3.8) is 0 Å². The van der Waals surface area contributed by atoms with Crippen molar-refractivity contribution in [2.24, 2.45) is 0 Å². The van der Waals surface area contributed by atoms with Crippen LogP contribution in [0.25, 0.3) is 10.8 Å². The van der Waals surface area contributed by atoms with E-state index in [0.717, 1.165) is 17.5 Å². The molecule has 4 nitrogen and oxygen atoms in total. The smallest absolute Gasteiger partial charge is 0.274 e. The molecule has 3 rings (SSSR count). The van der Waals surface area contributed by atoms with Crippen LogP contribution in [0, 0.1) is 11.6 Å². The van der Waals surface area contributed by atoms with Gasteiger partial charge >= 0.3 is 0 Å². The van der Waals surface area contributed by atoms with Crippen LogP contribution in [0.2, 0.25) is 0 Å². The third-order valence-corrected chi connectivity index (χ3v) is 3.61. The summed E-state index contributed by atoms with van der Waals surface area (Å²) in [5.74, 6) is -2.02. The molecule has 0 aliphatic carbocycles. The van der Waals surface area contributed by atoms with Crippen molar-refractivity contribution in [1.82, 2.24) is 4.98 Å². The Morgan fingerprint density at radius 1 is 1.08 bits per heavy atom. The van der Waals surface area contributed by atoms with Gasteiger partial charge in [-0.1, -0.05) is 24.3 Å². The number of aromatic nitrogens is 1. The molecule has 1 heterocycles. The molecule has 6 heteroatoms. The van der Waals surface area contributed by atoms with Crippen molar-refractivity contribution in [1.29, 1.82) is 0 Å². The number of hydrogen-bond acceptors (Lipinski definition) is 3. The van der Waals surface area contributed by atoms with E-state index in [1.54, 1.807) is 32.3 Å². The van der Waals surface area contributed by atoms with Gasteiger partial charge in [0.1, 0.15) is 11.4 Å². The van der Waals surface area contributed by atoms with Gasteiger partial charge in [0.15, 0.2) is 11.6 Å². The van der Waals surface area contributed by atoms with Crippen LogP contribution >= 0.6 is 0 Å². The summed E-state index contributed by atoms with van der Waals surface area (Å²) in [5, 5.41) is 4.03. The molecule has 0 spiro atoms. The molecule has 24 heavy (non-hydrogen) atoms. The largest absolute Gasteiger partial charge is 0.373 e. The molecule has 0 fully saturated rings. The van der Waals surface area contributed by atoms with Crippen molar-refractivity contribution >= 4 is 28.1 Å². The lowest BCUT2D eigenvalue weighted by Gasteiger charge is -2.16. The summed E-state index contributed by atoms with van der Waals surface area (Å²) in [7, 11) is 3.08. The maximum absolute atomic E-state index is 14.0. The average molecular weight is 327 g/mol. The summed E-state index contributed by atoms with van der Waals surface area (Å²) in [4.78, 5) is 17.9. The van der Waals surface area contributed by atoms with Crippen LogP contribution in [0.3, 0.4) is 0 Å². The monoisotopic (exact) mass is 327 g/mol. The van der Waals surface area contributed by atoms with Gasteiger partial charge in [0.25, 0.3) is 5.91 Å². The maximum Gasteiger partial charge on any atom is 0.274 e. The maximum atomic E-state index is 14.0. The van der Waals surface area contributed by atoms with Crippen LogP contribution in [0.1, 0.15) is 10.5 Å². The number of fused-ring (bicyclic) bond motifs is 1. The van der Waals surface area contributed by atoms with E-state index in [9.17, 15) is 13.6 Å². The molecule has 1 N–H and O–H groups in total. The second kappa shape index (κ2) is 6.23. The van der Waals surface area contributed by atoms with Crippen LogP contribution in [0.4, 0.5) is 20.2 Å². The highest BCUT2D eigenvalue weighted by Crippen LogP contribution is 2.26. The molecule has 0 aliphatic rings. The van der Waals surface area contributed by atoms with Crippen LogP contribution in [-0.2, 0) is 0 Å². The minimum absolute atomic E-state index is 0.0373. The Balaban J connectivity index is 1.95. The van der Waals surface area contributed by atoms with E-state index >= 15 is 0 Å². The van der Waals surface area contributed by atoms with Crippen LogP contribution < -0.4 is 10.2 Å². The van der Waals surface area contributed by atoms with E-state index in [1.807, 2.05) is 12.1 Å². The van der Waals surface area contributed by atoms with Crippen molar-refractivity contribution < 1.29 is 13.6 Å². The van der Waals surface area contributed by atoms with Crippen LogP contribution in [-0.4, -0.2) is 25.0 Å². The number of nitrogens with zero attached hydrogens (tertiary/aromatic N) is 2. The van der Waals surface area contributed by atoms with Crippen LogP contribution in [0.15, 0.2) is 48.7 Å². The molecule has 2 aromatic carbocycles. The van der Waals surface area contributed by atoms with E-state index < -0.39 is 17.5 Å². The number of anilines is 2. The standard InChI is InChI=1S/C18H15F2N3O/c1-23(2)17-14(19)9-12(10-15(17)20)22-18(24)16-13-6-4-3-5-11(13)7-8-21-16/h3-10H,1-2H3,(H,22,24). The Labute approximate surface area is 137 Å². The molecule has 0 saturated carbocycles. The van der Waals surface area contributed by atoms with Gasteiger partial charge < -0.3 is 10.2 Å². The number of benzene rings is 2. The Morgan fingerprint density at radius 3 is 2.42 bits per heavy atom. The third-order valence-electron chi connectivity index (χ3n) is 3.61. The van der Waals surface area contributed by atoms with Gasteiger partial charge in [0.2, 0.25) is 0 Å². The summed E-state index contributed by atoms with van der Waals surface area (Å²) in [6, 6.07) is 11.2. The predicted molar refractivity (Wildman–Crippen MR) is 90.4 cm³/mol. The van der Waals surface area contributed by atoms with Crippen molar-refractivity contribution in [2.75, 3.05) is 24.3 Å². The first-order chi connectivity index (χ1) is 11.5. The Kier molecular flexibility index (Phi) is 4.12. The van der Waals surface area contributed by atoms with Gasteiger partial charge in [0, 0.05) is 31.4 Å². The lowest BCUT2D eigenvalue weighted by atomic mass is 10.1. The van der Waals surface area contributed by atoms with Gasteiger partial charge in [-0.2, -0.15) is 0 Å². The summed E-state index contributed by atoms with van der Waals surface area (Å²) in [6.45, 7) is 0. The topological polar surface area (TPSA) is 45.2 Å². The second-order valence-corrected chi connectivity index (χ2v) is 5.52. The van der Waals surface area contributed by atoms with E-state index in [4.69, 9.17) is 0 Å². The zero-order chi connectivity index (χ0) is 17.3. The quantitative estimate of drug-likeness (QED) is 0.795. The molecule has 0 unspecified atom stereocenters. The molecular weight excluding hydrogens is 312 g/mol. The summed E-state index contributed by atoms with van der Waals surface area (Å²) in [5.41, 5.74) is 0.0808. The van der Waals surface area contributed by atoms with Gasteiger partial charge in [-0.05, 0) is 23.6 Å². The first-order valence-corrected chi connectivity index (χ1v) is 7.29. The first-order valence-electron chi connectivity index (χ1n) is 7.29. The summed E-state index contributed by atoms with van der Waals surface area (Å²) < 4.78 is 28.0. The Hall–Kier alpha value is -3.02. The number of carbonyl (C=O) groups excluding carboxylic acids is 1. The molecule has 1 amide bonds. The lowest BCUT2D eigenvalue weighted by Crippen LogP contribution is -2.16. The molecular formula is C18H15F2N3O. The van der Waals surface area contributed by atoms with E-state index in [0.29, 0.717) is 5.39 Å². The van der Waals surface area contributed by atoms with Crippen molar-refractivity contribution in [3.05, 3.63) is 66.0 Å². The Bertz CT molecular complexity index is 897.